The molecule has 2 aromatic rings. The Morgan fingerprint density at radius 1 is 1.27 bits per heavy atom. The van der Waals surface area contributed by atoms with Crippen LogP contribution in [0.2, 0.25) is 5.02 Å². The van der Waals surface area contributed by atoms with Crippen molar-refractivity contribution in [3.05, 3.63) is 40.0 Å². The molecule has 0 N–H and O–H groups in total. The van der Waals surface area contributed by atoms with Gasteiger partial charge in [0.1, 0.15) is 0 Å². The third kappa shape index (κ3) is 1.72. The molecule has 0 spiro atoms. The molecule has 0 saturated carbocycles. The van der Waals surface area contributed by atoms with E-state index in [0.717, 1.165) is 33.8 Å². The van der Waals surface area contributed by atoms with Crippen LogP contribution in [-0.2, 0) is 6.42 Å². The van der Waals surface area contributed by atoms with Gasteiger partial charge in [0.2, 0.25) is 0 Å². The van der Waals surface area contributed by atoms with Gasteiger partial charge in [-0.3, -0.25) is 4.98 Å². The lowest BCUT2D eigenvalue weighted by Gasteiger charge is -2.08. The number of rotatable bonds is 1. The van der Waals surface area contributed by atoms with E-state index in [1.165, 1.54) is 5.39 Å². The van der Waals surface area contributed by atoms with Gasteiger partial charge < -0.3 is 0 Å². The smallest absolute Gasteiger partial charge is 0.0749 e. The first kappa shape index (κ1) is 10.4. The third-order valence-corrected chi connectivity index (χ3v) is 3.33. The average Bonchev–Trinajstić information content (AvgIpc) is 2.26. The number of fused-ring (bicyclic) bond motifs is 1. The zero-order valence-electron chi connectivity index (χ0n) is 9.26. The number of hydrogen-bond donors (Lipinski definition) is 0. The van der Waals surface area contributed by atoms with Crippen molar-refractivity contribution in [1.29, 1.82) is 0 Å². The van der Waals surface area contributed by atoms with Crippen LogP contribution in [0.15, 0.2) is 18.2 Å². The summed E-state index contributed by atoms with van der Waals surface area (Å²) in [6.07, 6.45) is 0.959. The number of pyridine rings is 1. The van der Waals surface area contributed by atoms with Gasteiger partial charge in [-0.2, -0.15) is 0 Å². The van der Waals surface area contributed by atoms with Crippen molar-refractivity contribution in [2.24, 2.45) is 0 Å². The minimum atomic E-state index is 0.836. The lowest BCUT2D eigenvalue weighted by molar-refractivity contribution is 1.05. The molecular formula is C13H14ClN. The van der Waals surface area contributed by atoms with E-state index in [2.05, 4.69) is 30.1 Å². The standard InChI is InChI=1S/C13H14ClN/c1-4-11-6-5-10-7-8(2)12(14)9(3)13(10)15-11/h5-7H,4H2,1-3H3. The summed E-state index contributed by atoms with van der Waals surface area (Å²) in [5.74, 6) is 0. The Balaban J connectivity index is 2.81. The Morgan fingerprint density at radius 2 is 2.00 bits per heavy atom. The monoisotopic (exact) mass is 219 g/mol. The Hall–Kier alpha value is -1.08. The molecule has 0 amide bonds. The molecule has 1 nitrogen and oxygen atoms in total. The molecule has 78 valence electrons. The van der Waals surface area contributed by atoms with E-state index in [-0.39, 0.29) is 0 Å². The number of halogens is 1. The summed E-state index contributed by atoms with van der Waals surface area (Å²) in [5, 5.41) is 2.01. The van der Waals surface area contributed by atoms with Crippen molar-refractivity contribution >= 4 is 22.5 Å². The maximum absolute atomic E-state index is 6.21. The Bertz CT molecular complexity index is 517. The molecule has 1 aromatic carbocycles. The van der Waals surface area contributed by atoms with Crippen LogP contribution in [0.1, 0.15) is 23.7 Å². The molecular weight excluding hydrogens is 206 g/mol. The molecule has 2 rings (SSSR count). The molecule has 0 radical (unpaired) electrons. The quantitative estimate of drug-likeness (QED) is 0.705. The van der Waals surface area contributed by atoms with Crippen LogP contribution in [0.25, 0.3) is 10.9 Å². The average molecular weight is 220 g/mol. The van der Waals surface area contributed by atoms with Gasteiger partial charge in [-0.15, -0.1) is 0 Å². The van der Waals surface area contributed by atoms with E-state index >= 15 is 0 Å². The predicted octanol–water partition coefficient (Wildman–Crippen LogP) is 4.07. The number of aromatic nitrogens is 1. The second kappa shape index (κ2) is 3.82. The lowest BCUT2D eigenvalue weighted by atomic mass is 10.1. The maximum atomic E-state index is 6.21. The molecule has 0 aliphatic carbocycles. The first-order chi connectivity index (χ1) is 7.13. The van der Waals surface area contributed by atoms with Crippen molar-refractivity contribution < 1.29 is 0 Å². The highest BCUT2D eigenvalue weighted by Crippen LogP contribution is 2.27. The number of benzene rings is 1. The van der Waals surface area contributed by atoms with Gasteiger partial charge in [0.05, 0.1) is 5.52 Å². The minimum Gasteiger partial charge on any atom is -0.253 e. The van der Waals surface area contributed by atoms with Gasteiger partial charge in [0.25, 0.3) is 0 Å². The number of nitrogens with zero attached hydrogens (tertiary/aromatic N) is 1. The van der Waals surface area contributed by atoms with Gasteiger partial charge in [0.15, 0.2) is 0 Å². The fourth-order valence-corrected chi connectivity index (χ4v) is 1.96. The van der Waals surface area contributed by atoms with E-state index in [0.29, 0.717) is 0 Å². The molecule has 0 bridgehead atoms. The summed E-state index contributed by atoms with van der Waals surface area (Å²) >= 11 is 6.21. The summed E-state index contributed by atoms with van der Waals surface area (Å²) in [6, 6.07) is 6.30. The van der Waals surface area contributed by atoms with E-state index in [1.54, 1.807) is 0 Å². The summed E-state index contributed by atoms with van der Waals surface area (Å²) in [7, 11) is 0. The molecule has 0 aliphatic rings. The SMILES string of the molecule is CCc1ccc2cc(C)c(Cl)c(C)c2n1. The van der Waals surface area contributed by atoms with Crippen molar-refractivity contribution in [2.45, 2.75) is 27.2 Å². The van der Waals surface area contributed by atoms with Gasteiger partial charge in [0, 0.05) is 16.1 Å². The first-order valence-electron chi connectivity index (χ1n) is 5.18. The van der Waals surface area contributed by atoms with E-state index in [4.69, 9.17) is 11.6 Å². The first-order valence-corrected chi connectivity index (χ1v) is 5.56. The topological polar surface area (TPSA) is 12.9 Å². The predicted molar refractivity (Wildman–Crippen MR) is 65.6 cm³/mol. The highest BCUT2D eigenvalue weighted by molar-refractivity contribution is 6.33. The number of hydrogen-bond acceptors (Lipinski definition) is 1. The van der Waals surface area contributed by atoms with Crippen LogP contribution in [0.3, 0.4) is 0 Å². The molecule has 0 fully saturated rings. The summed E-state index contributed by atoms with van der Waals surface area (Å²) in [4.78, 5) is 4.61. The van der Waals surface area contributed by atoms with Crippen LogP contribution in [-0.4, -0.2) is 4.98 Å². The summed E-state index contributed by atoms with van der Waals surface area (Å²) < 4.78 is 0. The van der Waals surface area contributed by atoms with Crippen LogP contribution in [0.5, 0.6) is 0 Å². The van der Waals surface area contributed by atoms with Crippen molar-refractivity contribution in [3.63, 3.8) is 0 Å². The molecule has 0 aliphatic heterocycles. The van der Waals surface area contributed by atoms with E-state index in [1.807, 2.05) is 13.8 Å². The second-order valence-electron chi connectivity index (χ2n) is 3.86. The minimum absolute atomic E-state index is 0.836. The van der Waals surface area contributed by atoms with Gasteiger partial charge in [-0.05, 0) is 43.5 Å². The lowest BCUT2D eigenvalue weighted by Crippen LogP contribution is -1.92. The van der Waals surface area contributed by atoms with E-state index in [9.17, 15) is 0 Å². The van der Waals surface area contributed by atoms with Gasteiger partial charge >= 0.3 is 0 Å². The highest BCUT2D eigenvalue weighted by Gasteiger charge is 2.07. The number of aryl methyl sites for hydroxylation is 3. The van der Waals surface area contributed by atoms with Gasteiger partial charge in [-0.25, -0.2) is 0 Å². The van der Waals surface area contributed by atoms with Crippen molar-refractivity contribution in [2.75, 3.05) is 0 Å². The van der Waals surface area contributed by atoms with Crippen LogP contribution in [0.4, 0.5) is 0 Å². The van der Waals surface area contributed by atoms with Crippen LogP contribution < -0.4 is 0 Å². The maximum Gasteiger partial charge on any atom is 0.0749 e. The second-order valence-corrected chi connectivity index (χ2v) is 4.24. The summed E-state index contributed by atoms with van der Waals surface area (Å²) in [6.45, 7) is 6.17. The zero-order chi connectivity index (χ0) is 11.0. The molecule has 1 heterocycles. The zero-order valence-corrected chi connectivity index (χ0v) is 10.0. The van der Waals surface area contributed by atoms with Crippen LogP contribution >= 0.6 is 11.6 Å². The normalized spacial score (nSPS) is 10.9. The fraction of sp³-hybridized carbons (Fsp3) is 0.308. The van der Waals surface area contributed by atoms with Crippen LogP contribution in [0, 0.1) is 13.8 Å². The van der Waals surface area contributed by atoms with Crippen molar-refractivity contribution in [3.8, 4) is 0 Å². The fourth-order valence-electron chi connectivity index (χ4n) is 1.82. The Labute approximate surface area is 95.1 Å². The molecule has 1 aromatic heterocycles. The van der Waals surface area contributed by atoms with E-state index < -0.39 is 0 Å². The molecule has 0 atom stereocenters. The molecule has 0 saturated heterocycles. The molecule has 2 heteroatoms. The Morgan fingerprint density at radius 3 is 2.67 bits per heavy atom. The summed E-state index contributed by atoms with van der Waals surface area (Å²) in [5.41, 5.74) is 4.35. The molecule has 15 heavy (non-hydrogen) atoms. The largest absolute Gasteiger partial charge is 0.253 e. The highest BCUT2D eigenvalue weighted by atomic mass is 35.5. The Kier molecular flexibility index (Phi) is 2.66. The molecule has 0 unspecified atom stereocenters. The van der Waals surface area contributed by atoms with Gasteiger partial charge in [-0.1, -0.05) is 24.6 Å². The van der Waals surface area contributed by atoms with Crippen molar-refractivity contribution in [1.82, 2.24) is 4.98 Å². The third-order valence-electron chi connectivity index (χ3n) is 2.75.